The minimum atomic E-state index is -0.521. The highest BCUT2D eigenvalue weighted by Crippen LogP contribution is 2.35. The molecule has 1 fully saturated rings. The Labute approximate surface area is 101 Å². The first kappa shape index (κ1) is 10.9. The molecular weight excluding hydrogens is 216 g/mol. The van der Waals surface area contributed by atoms with E-state index >= 15 is 0 Å². The Hall–Kier alpha value is -1.19. The predicted molar refractivity (Wildman–Crippen MR) is 62.2 cm³/mol. The predicted octanol–water partition coefficient (Wildman–Crippen LogP) is 2.57. The number of carbonyl (C=O) groups is 1. The van der Waals surface area contributed by atoms with Crippen molar-refractivity contribution in [2.45, 2.75) is 44.7 Å². The summed E-state index contributed by atoms with van der Waals surface area (Å²) in [6.07, 6.45) is 2.55. The summed E-state index contributed by atoms with van der Waals surface area (Å²) in [5.74, 6) is -0.197. The molecule has 1 spiro atoms. The van der Waals surface area contributed by atoms with Crippen LogP contribution in [0.5, 0.6) is 0 Å². The SMILES string of the molecule is O=C1CCC2(CC1)OCc1ccccc1CO2. The van der Waals surface area contributed by atoms with Gasteiger partial charge in [0.1, 0.15) is 5.78 Å². The average molecular weight is 232 g/mol. The van der Waals surface area contributed by atoms with Crippen LogP contribution in [0.4, 0.5) is 0 Å². The van der Waals surface area contributed by atoms with E-state index in [1.54, 1.807) is 0 Å². The largest absolute Gasteiger partial charge is 0.345 e. The zero-order chi connectivity index (χ0) is 11.7. The summed E-state index contributed by atoms with van der Waals surface area (Å²) < 4.78 is 11.9. The second-order valence-electron chi connectivity index (χ2n) is 4.80. The summed E-state index contributed by atoms with van der Waals surface area (Å²) in [7, 11) is 0. The third-order valence-corrected chi connectivity index (χ3v) is 3.67. The van der Waals surface area contributed by atoms with E-state index in [2.05, 4.69) is 12.1 Å². The van der Waals surface area contributed by atoms with E-state index in [1.165, 1.54) is 11.1 Å². The van der Waals surface area contributed by atoms with Crippen molar-refractivity contribution < 1.29 is 14.3 Å². The number of Topliss-reactive ketones (excluding diaryl/α,β-unsaturated/α-hetero) is 1. The van der Waals surface area contributed by atoms with Crippen LogP contribution >= 0.6 is 0 Å². The van der Waals surface area contributed by atoms with Gasteiger partial charge in [0.05, 0.1) is 13.2 Å². The number of benzene rings is 1. The summed E-state index contributed by atoms with van der Waals surface area (Å²) in [5.41, 5.74) is 2.39. The number of ketones is 1. The van der Waals surface area contributed by atoms with Gasteiger partial charge in [-0.05, 0) is 11.1 Å². The van der Waals surface area contributed by atoms with Crippen LogP contribution in [-0.4, -0.2) is 11.6 Å². The fourth-order valence-corrected chi connectivity index (χ4v) is 2.50. The minimum Gasteiger partial charge on any atom is -0.345 e. The van der Waals surface area contributed by atoms with Crippen molar-refractivity contribution in [3.8, 4) is 0 Å². The second kappa shape index (κ2) is 4.24. The van der Waals surface area contributed by atoms with Crippen LogP contribution < -0.4 is 0 Å². The molecule has 1 aliphatic carbocycles. The Morgan fingerprint density at radius 3 is 2.00 bits per heavy atom. The van der Waals surface area contributed by atoms with E-state index in [0.29, 0.717) is 44.7 Å². The Morgan fingerprint density at radius 2 is 1.47 bits per heavy atom. The summed E-state index contributed by atoms with van der Waals surface area (Å²) in [4.78, 5) is 11.3. The first-order valence-electron chi connectivity index (χ1n) is 6.14. The molecule has 1 aromatic rings. The zero-order valence-corrected chi connectivity index (χ0v) is 9.78. The van der Waals surface area contributed by atoms with Crippen molar-refractivity contribution >= 4 is 5.78 Å². The van der Waals surface area contributed by atoms with Gasteiger partial charge in [-0.15, -0.1) is 0 Å². The number of ether oxygens (including phenoxy) is 2. The Balaban J connectivity index is 1.79. The quantitative estimate of drug-likeness (QED) is 0.689. The first-order valence-corrected chi connectivity index (χ1v) is 6.14. The third-order valence-electron chi connectivity index (χ3n) is 3.67. The number of rotatable bonds is 0. The maximum absolute atomic E-state index is 11.3. The molecule has 1 heterocycles. The number of hydrogen-bond acceptors (Lipinski definition) is 3. The Kier molecular flexibility index (Phi) is 2.73. The highest BCUT2D eigenvalue weighted by Gasteiger charge is 2.38. The van der Waals surface area contributed by atoms with Crippen molar-refractivity contribution in [3.63, 3.8) is 0 Å². The fourth-order valence-electron chi connectivity index (χ4n) is 2.50. The number of carbonyl (C=O) groups excluding carboxylic acids is 1. The van der Waals surface area contributed by atoms with Gasteiger partial charge in [0.2, 0.25) is 0 Å². The minimum absolute atomic E-state index is 0.324. The molecule has 1 saturated carbocycles. The molecule has 0 unspecified atom stereocenters. The molecule has 2 aliphatic rings. The van der Waals surface area contributed by atoms with E-state index in [9.17, 15) is 4.79 Å². The van der Waals surface area contributed by atoms with Gasteiger partial charge in [0.25, 0.3) is 0 Å². The third kappa shape index (κ3) is 2.13. The van der Waals surface area contributed by atoms with Crippen molar-refractivity contribution in [1.82, 2.24) is 0 Å². The van der Waals surface area contributed by atoms with Crippen molar-refractivity contribution in [1.29, 1.82) is 0 Å². The molecule has 1 aliphatic heterocycles. The fraction of sp³-hybridized carbons (Fsp3) is 0.500. The lowest BCUT2D eigenvalue weighted by Gasteiger charge is -2.34. The monoisotopic (exact) mass is 232 g/mol. The van der Waals surface area contributed by atoms with Crippen LogP contribution in [0.15, 0.2) is 24.3 Å². The standard InChI is InChI=1S/C14H16O3/c15-13-5-7-14(8-6-13)16-9-11-3-1-2-4-12(11)10-17-14/h1-4H,5-10H2. The topological polar surface area (TPSA) is 35.5 Å². The molecule has 0 atom stereocenters. The molecule has 17 heavy (non-hydrogen) atoms. The lowest BCUT2D eigenvalue weighted by atomic mass is 9.93. The second-order valence-corrected chi connectivity index (χ2v) is 4.80. The van der Waals surface area contributed by atoms with Gasteiger partial charge in [-0.25, -0.2) is 0 Å². The van der Waals surface area contributed by atoms with Gasteiger partial charge in [-0.3, -0.25) is 4.79 Å². The van der Waals surface area contributed by atoms with E-state index in [4.69, 9.17) is 9.47 Å². The number of hydrogen-bond donors (Lipinski definition) is 0. The van der Waals surface area contributed by atoms with E-state index in [-0.39, 0.29) is 0 Å². The van der Waals surface area contributed by atoms with Crippen molar-refractivity contribution in [3.05, 3.63) is 35.4 Å². The maximum atomic E-state index is 11.3. The van der Waals surface area contributed by atoms with Gasteiger partial charge in [-0.1, -0.05) is 24.3 Å². The summed E-state index contributed by atoms with van der Waals surface area (Å²) in [6.45, 7) is 1.18. The summed E-state index contributed by atoms with van der Waals surface area (Å²) in [6, 6.07) is 8.19. The molecule has 0 bridgehead atoms. The molecule has 90 valence electrons. The smallest absolute Gasteiger partial charge is 0.170 e. The van der Waals surface area contributed by atoms with Crippen molar-refractivity contribution in [2.24, 2.45) is 0 Å². The van der Waals surface area contributed by atoms with Crippen LogP contribution in [0.1, 0.15) is 36.8 Å². The molecule has 1 aromatic carbocycles. The van der Waals surface area contributed by atoms with Gasteiger partial charge in [0, 0.05) is 25.7 Å². The molecule has 0 saturated heterocycles. The van der Waals surface area contributed by atoms with Crippen LogP contribution in [0.2, 0.25) is 0 Å². The van der Waals surface area contributed by atoms with E-state index < -0.39 is 5.79 Å². The molecule has 0 amide bonds. The lowest BCUT2D eigenvalue weighted by Crippen LogP contribution is -2.38. The summed E-state index contributed by atoms with van der Waals surface area (Å²) in [5, 5.41) is 0. The van der Waals surface area contributed by atoms with Crippen LogP contribution in [-0.2, 0) is 27.5 Å². The van der Waals surface area contributed by atoms with Gasteiger partial charge in [0.15, 0.2) is 5.79 Å². The summed E-state index contributed by atoms with van der Waals surface area (Å²) >= 11 is 0. The average Bonchev–Trinajstić information content (AvgIpc) is 2.55. The molecule has 0 N–H and O–H groups in total. The first-order chi connectivity index (χ1) is 8.27. The normalized spacial score (nSPS) is 23.2. The van der Waals surface area contributed by atoms with Crippen LogP contribution in [0.25, 0.3) is 0 Å². The van der Waals surface area contributed by atoms with Gasteiger partial charge < -0.3 is 9.47 Å². The van der Waals surface area contributed by atoms with E-state index in [1.807, 2.05) is 12.1 Å². The van der Waals surface area contributed by atoms with E-state index in [0.717, 1.165) is 0 Å². The molecule has 3 nitrogen and oxygen atoms in total. The number of fused-ring (bicyclic) bond motifs is 1. The zero-order valence-electron chi connectivity index (χ0n) is 9.78. The highest BCUT2D eigenvalue weighted by atomic mass is 16.7. The molecule has 0 aromatic heterocycles. The molecule has 0 radical (unpaired) electrons. The van der Waals surface area contributed by atoms with Gasteiger partial charge in [-0.2, -0.15) is 0 Å². The Bertz CT molecular complexity index is 400. The Morgan fingerprint density at radius 1 is 0.941 bits per heavy atom. The van der Waals surface area contributed by atoms with Crippen LogP contribution in [0.3, 0.4) is 0 Å². The van der Waals surface area contributed by atoms with Crippen molar-refractivity contribution in [2.75, 3.05) is 0 Å². The molecule has 3 heteroatoms. The molecular formula is C14H16O3. The maximum Gasteiger partial charge on any atom is 0.170 e. The highest BCUT2D eigenvalue weighted by molar-refractivity contribution is 5.79. The van der Waals surface area contributed by atoms with Crippen LogP contribution in [0, 0.1) is 0 Å². The molecule has 3 rings (SSSR count). The van der Waals surface area contributed by atoms with Gasteiger partial charge >= 0.3 is 0 Å². The lowest BCUT2D eigenvalue weighted by molar-refractivity contribution is -0.256.